The van der Waals surface area contributed by atoms with Gasteiger partial charge >= 0.3 is 0 Å². The molecular formula is C16H27NO. The third kappa shape index (κ3) is 3.61. The van der Waals surface area contributed by atoms with Crippen LogP contribution in [0.2, 0.25) is 0 Å². The zero-order chi connectivity index (χ0) is 13.2. The Bertz CT molecular complexity index is 386. The van der Waals surface area contributed by atoms with Gasteiger partial charge < -0.3 is 9.67 Å². The maximum Gasteiger partial charge on any atom is 0.0807 e. The van der Waals surface area contributed by atoms with Gasteiger partial charge in [0.25, 0.3) is 0 Å². The minimum Gasteiger partial charge on any atom is -0.388 e. The maximum atomic E-state index is 10.1. The average molecular weight is 249 g/mol. The first kappa shape index (κ1) is 13.7. The monoisotopic (exact) mass is 249 g/mol. The number of hydrogen-bond acceptors (Lipinski definition) is 1. The summed E-state index contributed by atoms with van der Waals surface area (Å²) in [6, 6.07) is 0. The van der Waals surface area contributed by atoms with E-state index in [0.717, 1.165) is 25.8 Å². The van der Waals surface area contributed by atoms with Gasteiger partial charge in [0.1, 0.15) is 0 Å². The van der Waals surface area contributed by atoms with Gasteiger partial charge in [0.2, 0.25) is 0 Å². The van der Waals surface area contributed by atoms with E-state index >= 15 is 0 Å². The second-order valence-corrected chi connectivity index (χ2v) is 6.90. The number of hydrogen-bond donors (Lipinski definition) is 1. The molecule has 1 aromatic rings. The lowest BCUT2D eigenvalue weighted by atomic mass is 9.91. The molecule has 1 aromatic heterocycles. The normalized spacial score (nSPS) is 20.6. The summed E-state index contributed by atoms with van der Waals surface area (Å²) in [7, 11) is 0. The summed E-state index contributed by atoms with van der Waals surface area (Å²) in [6.45, 7) is 7.96. The number of aliphatic hydroxyl groups excluding tert-OH is 1. The summed E-state index contributed by atoms with van der Waals surface area (Å²) in [5, 5.41) is 10.1. The van der Waals surface area contributed by atoms with Gasteiger partial charge in [-0.3, -0.25) is 0 Å². The summed E-state index contributed by atoms with van der Waals surface area (Å²) in [5.74, 6) is 0. The molecule has 1 atom stereocenters. The molecule has 0 bridgehead atoms. The topological polar surface area (TPSA) is 25.2 Å². The number of fused-ring (bicyclic) bond motifs is 1. The molecule has 0 spiro atoms. The van der Waals surface area contributed by atoms with Crippen LogP contribution in [0, 0.1) is 5.41 Å². The van der Waals surface area contributed by atoms with Crippen LogP contribution in [0.1, 0.15) is 70.1 Å². The molecule has 1 aliphatic carbocycles. The first-order valence-electron chi connectivity index (χ1n) is 7.32. The summed E-state index contributed by atoms with van der Waals surface area (Å²) < 4.78 is 2.28. The van der Waals surface area contributed by atoms with E-state index in [2.05, 4.69) is 37.7 Å². The fraction of sp³-hybridized carbons (Fsp3) is 0.750. The SMILES string of the molecule is CC(C)(C)CCCn1cc2c(c1)C(O)CCCC2. The van der Waals surface area contributed by atoms with E-state index in [-0.39, 0.29) is 6.10 Å². The van der Waals surface area contributed by atoms with Gasteiger partial charge in [0.15, 0.2) is 0 Å². The molecular weight excluding hydrogens is 222 g/mol. The Morgan fingerprint density at radius 2 is 2.06 bits per heavy atom. The van der Waals surface area contributed by atoms with Gasteiger partial charge in [-0.15, -0.1) is 0 Å². The van der Waals surface area contributed by atoms with Crippen LogP contribution in [0.4, 0.5) is 0 Å². The summed E-state index contributed by atoms with van der Waals surface area (Å²) in [6.07, 6.45) is 11.1. The Morgan fingerprint density at radius 3 is 2.78 bits per heavy atom. The van der Waals surface area contributed by atoms with Crippen LogP contribution in [-0.2, 0) is 13.0 Å². The molecule has 1 unspecified atom stereocenters. The molecule has 0 aromatic carbocycles. The Morgan fingerprint density at radius 1 is 1.28 bits per heavy atom. The maximum absolute atomic E-state index is 10.1. The highest BCUT2D eigenvalue weighted by Gasteiger charge is 2.18. The van der Waals surface area contributed by atoms with Gasteiger partial charge in [-0.25, -0.2) is 0 Å². The number of aliphatic hydroxyl groups is 1. The highest BCUT2D eigenvalue weighted by molar-refractivity contribution is 5.27. The first-order valence-corrected chi connectivity index (χ1v) is 7.32. The van der Waals surface area contributed by atoms with Crippen molar-refractivity contribution in [2.45, 2.75) is 71.9 Å². The molecule has 2 nitrogen and oxygen atoms in total. The van der Waals surface area contributed by atoms with Gasteiger partial charge in [0.05, 0.1) is 6.10 Å². The van der Waals surface area contributed by atoms with Crippen LogP contribution >= 0.6 is 0 Å². The number of aryl methyl sites for hydroxylation is 2. The van der Waals surface area contributed by atoms with E-state index in [1.54, 1.807) is 0 Å². The largest absolute Gasteiger partial charge is 0.388 e. The minimum atomic E-state index is -0.230. The second kappa shape index (κ2) is 5.48. The quantitative estimate of drug-likeness (QED) is 0.802. The van der Waals surface area contributed by atoms with E-state index < -0.39 is 0 Å². The molecule has 0 saturated carbocycles. The Labute approximate surface area is 111 Å². The van der Waals surface area contributed by atoms with Crippen molar-refractivity contribution >= 4 is 0 Å². The van der Waals surface area contributed by atoms with E-state index in [4.69, 9.17) is 0 Å². The highest BCUT2D eigenvalue weighted by atomic mass is 16.3. The third-order valence-electron chi connectivity index (χ3n) is 3.87. The van der Waals surface area contributed by atoms with Crippen molar-refractivity contribution in [3.05, 3.63) is 23.5 Å². The number of aromatic nitrogens is 1. The predicted octanol–water partition coefficient (Wildman–Crippen LogP) is 4.07. The molecule has 1 aliphatic rings. The fourth-order valence-corrected chi connectivity index (χ4v) is 2.81. The van der Waals surface area contributed by atoms with Crippen molar-refractivity contribution in [2.75, 3.05) is 0 Å². The summed E-state index contributed by atoms with van der Waals surface area (Å²) in [5.41, 5.74) is 2.98. The molecule has 1 heterocycles. The van der Waals surface area contributed by atoms with Crippen LogP contribution in [-0.4, -0.2) is 9.67 Å². The molecule has 1 N–H and O–H groups in total. The number of nitrogens with zero attached hydrogens (tertiary/aromatic N) is 1. The van der Waals surface area contributed by atoms with Crippen LogP contribution in [0.3, 0.4) is 0 Å². The lowest BCUT2D eigenvalue weighted by Gasteiger charge is -2.17. The first-order chi connectivity index (χ1) is 8.46. The van der Waals surface area contributed by atoms with Crippen molar-refractivity contribution in [1.82, 2.24) is 4.57 Å². The standard InChI is InChI=1S/C16H27NO/c1-16(2,3)9-6-10-17-11-13-7-4-5-8-15(18)14(13)12-17/h11-12,15,18H,4-10H2,1-3H3. The van der Waals surface area contributed by atoms with Crippen molar-refractivity contribution < 1.29 is 5.11 Å². The highest BCUT2D eigenvalue weighted by Crippen LogP contribution is 2.29. The van der Waals surface area contributed by atoms with Crippen LogP contribution in [0.5, 0.6) is 0 Å². The van der Waals surface area contributed by atoms with E-state index in [1.165, 1.54) is 30.4 Å². The molecule has 102 valence electrons. The van der Waals surface area contributed by atoms with Crippen LogP contribution < -0.4 is 0 Å². The van der Waals surface area contributed by atoms with Gasteiger partial charge in [-0.2, -0.15) is 0 Å². The van der Waals surface area contributed by atoms with Crippen molar-refractivity contribution in [3.63, 3.8) is 0 Å². The van der Waals surface area contributed by atoms with Crippen molar-refractivity contribution in [3.8, 4) is 0 Å². The summed E-state index contributed by atoms with van der Waals surface area (Å²) >= 11 is 0. The molecule has 0 aliphatic heterocycles. The van der Waals surface area contributed by atoms with Crippen LogP contribution in [0.25, 0.3) is 0 Å². The molecule has 0 amide bonds. The zero-order valence-corrected chi connectivity index (χ0v) is 12.1. The van der Waals surface area contributed by atoms with Crippen molar-refractivity contribution in [1.29, 1.82) is 0 Å². The Balaban J connectivity index is 1.97. The van der Waals surface area contributed by atoms with E-state index in [0.29, 0.717) is 5.41 Å². The molecule has 0 fully saturated rings. The van der Waals surface area contributed by atoms with Gasteiger partial charge in [-0.05, 0) is 43.1 Å². The molecule has 18 heavy (non-hydrogen) atoms. The van der Waals surface area contributed by atoms with E-state index in [1.807, 2.05) is 0 Å². The lowest BCUT2D eigenvalue weighted by molar-refractivity contribution is 0.166. The smallest absolute Gasteiger partial charge is 0.0807 e. The molecule has 2 rings (SSSR count). The summed E-state index contributed by atoms with van der Waals surface area (Å²) in [4.78, 5) is 0. The fourth-order valence-electron chi connectivity index (χ4n) is 2.81. The zero-order valence-electron chi connectivity index (χ0n) is 12.1. The molecule has 0 radical (unpaired) electrons. The Kier molecular flexibility index (Phi) is 4.16. The van der Waals surface area contributed by atoms with Gasteiger partial charge in [-0.1, -0.05) is 27.2 Å². The predicted molar refractivity (Wildman–Crippen MR) is 75.6 cm³/mol. The molecule has 2 heteroatoms. The van der Waals surface area contributed by atoms with Crippen molar-refractivity contribution in [2.24, 2.45) is 5.41 Å². The van der Waals surface area contributed by atoms with Gasteiger partial charge in [0, 0.05) is 24.5 Å². The Hall–Kier alpha value is -0.760. The van der Waals surface area contributed by atoms with Crippen LogP contribution in [0.15, 0.2) is 12.4 Å². The van der Waals surface area contributed by atoms with E-state index in [9.17, 15) is 5.11 Å². The minimum absolute atomic E-state index is 0.230. The number of rotatable bonds is 3. The molecule has 0 saturated heterocycles. The lowest BCUT2D eigenvalue weighted by Crippen LogP contribution is -2.06. The average Bonchev–Trinajstić information content (AvgIpc) is 2.58. The second-order valence-electron chi connectivity index (χ2n) is 6.90. The third-order valence-corrected chi connectivity index (χ3v) is 3.87.